The molecule has 0 aliphatic carbocycles. The number of anilines is 1. The van der Waals surface area contributed by atoms with Crippen molar-refractivity contribution in [3.8, 4) is 11.4 Å². The maximum Gasteiger partial charge on any atom is 0.325 e. The minimum absolute atomic E-state index is 0.0891. The van der Waals surface area contributed by atoms with Crippen LogP contribution in [-0.2, 0) is 16.6 Å². The predicted molar refractivity (Wildman–Crippen MR) is 144 cm³/mol. The van der Waals surface area contributed by atoms with E-state index < -0.39 is 0 Å². The number of benzene rings is 2. The molecular weight excluding hydrogens is 456 g/mol. The Morgan fingerprint density at radius 3 is 2.06 bits per heavy atom. The molecule has 1 aromatic heterocycles. The fourth-order valence-corrected chi connectivity index (χ4v) is 3.86. The molecular formula is C28H38N4O4. The van der Waals surface area contributed by atoms with E-state index in [0.29, 0.717) is 11.4 Å². The summed E-state index contributed by atoms with van der Waals surface area (Å²) >= 11 is 0. The first kappa shape index (κ1) is 28.6. The summed E-state index contributed by atoms with van der Waals surface area (Å²) in [6, 6.07) is 16.4. The summed E-state index contributed by atoms with van der Waals surface area (Å²) < 4.78 is 8.87. The lowest BCUT2D eigenvalue weighted by atomic mass is 10.0. The molecule has 0 fully saturated rings. The van der Waals surface area contributed by atoms with Crippen LogP contribution in [-0.4, -0.2) is 45.8 Å². The van der Waals surface area contributed by atoms with E-state index in [4.69, 9.17) is 4.74 Å². The second-order valence-corrected chi connectivity index (χ2v) is 8.77. The zero-order valence-electron chi connectivity index (χ0n) is 22.4. The normalized spacial score (nSPS) is 10.7. The molecule has 0 atom stereocenters. The number of nitrogens with one attached hydrogen (secondary N) is 1. The highest BCUT2D eigenvalue weighted by molar-refractivity contribution is 5.88. The number of amides is 1. The molecule has 0 spiro atoms. The number of rotatable bonds is 8. The first-order valence-electron chi connectivity index (χ1n) is 12.2. The average molecular weight is 495 g/mol. The van der Waals surface area contributed by atoms with Crippen molar-refractivity contribution >= 4 is 17.6 Å². The second kappa shape index (κ2) is 13.4. The Morgan fingerprint density at radius 2 is 1.58 bits per heavy atom. The molecule has 8 nitrogen and oxygen atoms in total. The van der Waals surface area contributed by atoms with Gasteiger partial charge in [-0.1, -0.05) is 45.9 Å². The van der Waals surface area contributed by atoms with Gasteiger partial charge in [-0.3, -0.25) is 24.0 Å². The summed E-state index contributed by atoms with van der Waals surface area (Å²) in [5, 5.41) is 2.65. The molecule has 8 heteroatoms. The van der Waals surface area contributed by atoms with Crippen LogP contribution in [0.25, 0.3) is 5.69 Å². The number of hydrogen-bond donors (Lipinski definition) is 1. The quantitative estimate of drug-likeness (QED) is 0.368. The summed E-state index contributed by atoms with van der Waals surface area (Å²) in [6.45, 7) is 13.4. The summed E-state index contributed by atoms with van der Waals surface area (Å²) in [6.07, 6.45) is 0. The van der Waals surface area contributed by atoms with Crippen LogP contribution in [0.4, 0.5) is 5.69 Å². The van der Waals surface area contributed by atoms with E-state index in [2.05, 4.69) is 19.2 Å². The first-order chi connectivity index (χ1) is 17.1. The van der Waals surface area contributed by atoms with Crippen LogP contribution in [0, 0.1) is 6.92 Å². The van der Waals surface area contributed by atoms with Gasteiger partial charge in [-0.2, -0.15) is 0 Å². The third-order valence-electron chi connectivity index (χ3n) is 5.83. The van der Waals surface area contributed by atoms with E-state index >= 15 is 0 Å². The van der Waals surface area contributed by atoms with Crippen molar-refractivity contribution in [3.05, 3.63) is 76.2 Å². The van der Waals surface area contributed by atoms with Crippen LogP contribution >= 0.6 is 0 Å². The Kier molecular flexibility index (Phi) is 10.7. The number of nitrogens with zero attached hydrogens (tertiary/aromatic N) is 3. The SMILES string of the molecule is CCN(CC)CC(=O)Oc1ccc(NC(C)=O)cc1.Cc1c(C(C)C)c(=O)n(-c2ccccc2)n1C. The molecule has 0 bridgehead atoms. The van der Waals surface area contributed by atoms with Crippen LogP contribution in [0.2, 0.25) is 0 Å². The number of carbonyl (C=O) groups is 2. The third kappa shape index (κ3) is 7.68. The highest BCUT2D eigenvalue weighted by Gasteiger charge is 2.17. The minimum atomic E-state index is -0.282. The van der Waals surface area contributed by atoms with Gasteiger partial charge in [0, 0.05) is 30.9 Å². The van der Waals surface area contributed by atoms with Gasteiger partial charge in [0.25, 0.3) is 5.56 Å². The van der Waals surface area contributed by atoms with Crippen LogP contribution in [0.5, 0.6) is 5.75 Å². The number of aromatic nitrogens is 2. The smallest absolute Gasteiger partial charge is 0.325 e. The number of likely N-dealkylation sites (N-methyl/N-ethyl adjacent to an activating group) is 1. The first-order valence-corrected chi connectivity index (χ1v) is 12.2. The summed E-state index contributed by atoms with van der Waals surface area (Å²) in [4.78, 5) is 36.9. The standard InChI is InChI=1S/C14H20N2O3.C14H18N2O/c1-4-16(5-2)10-14(18)19-13-8-6-12(7-9-13)15-11(3)17;1-10(2)13-11(3)15(4)16(14(13)17)12-8-6-5-7-9-12/h6-9H,4-5,10H2,1-3H3,(H,15,17);5-10H,1-4H3. The molecule has 0 unspecified atom stereocenters. The minimum Gasteiger partial charge on any atom is -0.426 e. The van der Waals surface area contributed by atoms with Gasteiger partial charge >= 0.3 is 5.97 Å². The van der Waals surface area contributed by atoms with Gasteiger partial charge in [-0.15, -0.1) is 0 Å². The predicted octanol–water partition coefficient (Wildman–Crippen LogP) is 4.50. The molecule has 3 rings (SSSR count). The molecule has 0 radical (unpaired) electrons. The van der Waals surface area contributed by atoms with E-state index in [9.17, 15) is 14.4 Å². The Balaban J connectivity index is 0.000000255. The Hall–Kier alpha value is -3.65. The summed E-state index contributed by atoms with van der Waals surface area (Å²) in [5.74, 6) is 0.312. The van der Waals surface area contributed by atoms with E-state index in [-0.39, 0.29) is 29.9 Å². The summed E-state index contributed by atoms with van der Waals surface area (Å²) in [7, 11) is 1.93. The van der Waals surface area contributed by atoms with Crippen LogP contribution in [0.15, 0.2) is 59.4 Å². The van der Waals surface area contributed by atoms with Crippen molar-refractivity contribution in [1.82, 2.24) is 14.3 Å². The number of esters is 1. The molecule has 0 saturated carbocycles. The molecule has 2 aromatic carbocycles. The van der Waals surface area contributed by atoms with E-state index in [1.807, 2.05) is 67.7 Å². The van der Waals surface area contributed by atoms with E-state index in [0.717, 1.165) is 30.0 Å². The fraction of sp³-hybridized carbons (Fsp3) is 0.393. The average Bonchev–Trinajstić information content (AvgIpc) is 3.07. The van der Waals surface area contributed by atoms with Crippen LogP contribution in [0.3, 0.4) is 0 Å². The van der Waals surface area contributed by atoms with Gasteiger partial charge < -0.3 is 10.1 Å². The van der Waals surface area contributed by atoms with Gasteiger partial charge in [0.15, 0.2) is 0 Å². The van der Waals surface area contributed by atoms with Crippen molar-refractivity contribution in [2.75, 3.05) is 25.0 Å². The molecule has 1 heterocycles. The maximum absolute atomic E-state index is 12.4. The zero-order chi connectivity index (χ0) is 26.8. The molecule has 36 heavy (non-hydrogen) atoms. The topological polar surface area (TPSA) is 85.6 Å². The number of hydrogen-bond acceptors (Lipinski definition) is 5. The van der Waals surface area contributed by atoms with Crippen molar-refractivity contribution < 1.29 is 14.3 Å². The van der Waals surface area contributed by atoms with Gasteiger partial charge in [-0.25, -0.2) is 4.68 Å². The number of carbonyl (C=O) groups excluding carboxylic acids is 2. The Bertz CT molecular complexity index is 1190. The van der Waals surface area contributed by atoms with E-state index in [1.165, 1.54) is 6.92 Å². The Morgan fingerprint density at radius 1 is 1.00 bits per heavy atom. The highest BCUT2D eigenvalue weighted by Crippen LogP contribution is 2.17. The lowest BCUT2D eigenvalue weighted by molar-refractivity contribution is -0.135. The Labute approximate surface area is 213 Å². The van der Waals surface area contributed by atoms with Crippen LogP contribution < -0.4 is 15.6 Å². The molecule has 1 amide bonds. The van der Waals surface area contributed by atoms with Crippen molar-refractivity contribution in [2.24, 2.45) is 7.05 Å². The third-order valence-corrected chi connectivity index (χ3v) is 5.83. The fourth-order valence-electron chi connectivity index (χ4n) is 3.86. The van der Waals surface area contributed by atoms with Gasteiger partial charge in [-0.05, 0) is 62.3 Å². The molecule has 0 aliphatic rings. The lowest BCUT2D eigenvalue weighted by Crippen LogP contribution is -2.31. The lowest BCUT2D eigenvalue weighted by Gasteiger charge is -2.16. The zero-order valence-corrected chi connectivity index (χ0v) is 22.4. The van der Waals surface area contributed by atoms with E-state index in [1.54, 1.807) is 28.9 Å². The number of para-hydroxylation sites is 1. The molecule has 3 aromatic rings. The summed E-state index contributed by atoms with van der Waals surface area (Å²) in [5.41, 5.74) is 3.61. The maximum atomic E-state index is 12.4. The van der Waals surface area contributed by atoms with Gasteiger partial charge in [0.05, 0.1) is 12.2 Å². The van der Waals surface area contributed by atoms with Gasteiger partial charge in [0.2, 0.25) is 5.91 Å². The molecule has 0 saturated heterocycles. The number of ether oxygens (including phenoxy) is 1. The van der Waals surface area contributed by atoms with Crippen molar-refractivity contribution in [1.29, 1.82) is 0 Å². The van der Waals surface area contributed by atoms with Gasteiger partial charge in [0.1, 0.15) is 5.75 Å². The second-order valence-electron chi connectivity index (χ2n) is 8.77. The monoisotopic (exact) mass is 494 g/mol. The molecule has 194 valence electrons. The largest absolute Gasteiger partial charge is 0.426 e. The highest BCUT2D eigenvalue weighted by atomic mass is 16.5. The van der Waals surface area contributed by atoms with Crippen LogP contribution in [0.1, 0.15) is 51.8 Å². The molecule has 0 aliphatic heterocycles. The van der Waals surface area contributed by atoms with Crippen molar-refractivity contribution in [3.63, 3.8) is 0 Å². The van der Waals surface area contributed by atoms with Crippen molar-refractivity contribution in [2.45, 2.75) is 47.5 Å². The molecule has 1 N–H and O–H groups in total.